The molecule has 1 unspecified atom stereocenters. The molecule has 1 atom stereocenters. The Morgan fingerprint density at radius 1 is 0.875 bits per heavy atom. The summed E-state index contributed by atoms with van der Waals surface area (Å²) in [6.07, 6.45) is 10.9. The SMILES string of the molecule is COc1ccc(/C=C2\CCCC3=C2N=c2s/c(=C\C=C\c4ccccc4)c(=O)n2C3c2ccc(OC)cc2)cc1. The third-order valence-corrected chi connectivity index (χ3v) is 8.36. The minimum atomic E-state index is -0.211. The Morgan fingerprint density at radius 3 is 2.27 bits per heavy atom. The quantitative estimate of drug-likeness (QED) is 0.291. The second-order valence-corrected chi connectivity index (χ2v) is 10.8. The summed E-state index contributed by atoms with van der Waals surface area (Å²) in [6.45, 7) is 0. The van der Waals surface area contributed by atoms with Gasteiger partial charge in [0, 0.05) is 0 Å². The zero-order valence-corrected chi connectivity index (χ0v) is 23.4. The van der Waals surface area contributed by atoms with Crippen LogP contribution in [0.1, 0.15) is 42.0 Å². The molecule has 1 aliphatic carbocycles. The van der Waals surface area contributed by atoms with E-state index in [1.54, 1.807) is 14.2 Å². The van der Waals surface area contributed by atoms with Crippen molar-refractivity contribution >= 4 is 29.6 Å². The van der Waals surface area contributed by atoms with Crippen LogP contribution in [0.2, 0.25) is 0 Å². The lowest BCUT2D eigenvalue weighted by molar-refractivity contribution is 0.414. The Balaban J connectivity index is 1.49. The van der Waals surface area contributed by atoms with Gasteiger partial charge in [0.15, 0.2) is 4.80 Å². The van der Waals surface area contributed by atoms with Crippen molar-refractivity contribution in [3.8, 4) is 11.5 Å². The average molecular weight is 547 g/mol. The molecule has 2 aliphatic rings. The molecule has 0 saturated heterocycles. The molecule has 0 N–H and O–H groups in total. The van der Waals surface area contributed by atoms with Gasteiger partial charge in [-0.15, -0.1) is 0 Å². The fraction of sp³-hybridized carbons (Fsp3) is 0.176. The van der Waals surface area contributed by atoms with Crippen LogP contribution in [0, 0.1) is 0 Å². The van der Waals surface area contributed by atoms with Crippen LogP contribution in [0.15, 0.2) is 112 Å². The van der Waals surface area contributed by atoms with E-state index >= 15 is 0 Å². The highest BCUT2D eigenvalue weighted by atomic mass is 32.1. The molecule has 40 heavy (non-hydrogen) atoms. The molecule has 3 aromatic carbocycles. The van der Waals surface area contributed by atoms with E-state index in [2.05, 4.69) is 30.3 Å². The number of aromatic nitrogens is 1. The predicted octanol–water partition coefficient (Wildman–Crippen LogP) is 6.17. The number of nitrogens with zero attached hydrogens (tertiary/aromatic N) is 2. The molecule has 200 valence electrons. The maximum absolute atomic E-state index is 13.8. The van der Waals surface area contributed by atoms with E-state index < -0.39 is 0 Å². The molecule has 0 amide bonds. The van der Waals surface area contributed by atoms with E-state index in [9.17, 15) is 4.79 Å². The van der Waals surface area contributed by atoms with Gasteiger partial charge in [-0.2, -0.15) is 0 Å². The number of hydrogen-bond acceptors (Lipinski definition) is 5. The topological polar surface area (TPSA) is 52.8 Å². The number of ether oxygens (including phenoxy) is 2. The highest BCUT2D eigenvalue weighted by molar-refractivity contribution is 7.07. The second kappa shape index (κ2) is 11.4. The monoisotopic (exact) mass is 546 g/mol. The number of thiazole rings is 1. The fourth-order valence-electron chi connectivity index (χ4n) is 5.37. The molecular weight excluding hydrogens is 516 g/mol. The van der Waals surface area contributed by atoms with Crippen molar-refractivity contribution in [3.05, 3.63) is 138 Å². The molecule has 0 radical (unpaired) electrons. The van der Waals surface area contributed by atoms with Gasteiger partial charge < -0.3 is 9.47 Å². The van der Waals surface area contributed by atoms with Crippen molar-refractivity contribution in [2.75, 3.05) is 14.2 Å². The van der Waals surface area contributed by atoms with Crippen LogP contribution in [0.3, 0.4) is 0 Å². The van der Waals surface area contributed by atoms with E-state index in [4.69, 9.17) is 14.5 Å². The highest BCUT2D eigenvalue weighted by Gasteiger charge is 2.32. The third-order valence-electron chi connectivity index (χ3n) is 7.36. The van der Waals surface area contributed by atoms with Crippen molar-refractivity contribution in [1.29, 1.82) is 0 Å². The van der Waals surface area contributed by atoms with Gasteiger partial charge in [-0.25, -0.2) is 4.99 Å². The van der Waals surface area contributed by atoms with Crippen LogP contribution in [-0.2, 0) is 0 Å². The van der Waals surface area contributed by atoms with E-state index in [1.165, 1.54) is 22.5 Å². The summed E-state index contributed by atoms with van der Waals surface area (Å²) < 4.78 is 13.3. The zero-order chi connectivity index (χ0) is 27.5. The van der Waals surface area contributed by atoms with Crippen LogP contribution < -0.4 is 24.4 Å². The van der Waals surface area contributed by atoms with E-state index in [0.717, 1.165) is 58.0 Å². The second-order valence-electron chi connectivity index (χ2n) is 9.82. The summed E-state index contributed by atoms with van der Waals surface area (Å²) in [7, 11) is 3.34. The highest BCUT2D eigenvalue weighted by Crippen LogP contribution is 2.41. The standard InChI is InChI=1S/C34H30N2O3S/c1-38-27-18-14-24(15-19-27)22-26-11-7-12-29-31(26)35-34-36(32(29)25-16-20-28(39-2)21-17-25)33(37)30(40-34)13-6-10-23-8-4-3-5-9-23/h3-6,8-10,13-22,32H,7,11-12H2,1-2H3/b10-6+,26-22+,30-13-. The first kappa shape index (κ1) is 25.8. The Hall–Kier alpha value is -4.42. The smallest absolute Gasteiger partial charge is 0.271 e. The maximum Gasteiger partial charge on any atom is 0.271 e. The Morgan fingerprint density at radius 2 is 1.57 bits per heavy atom. The molecule has 0 bridgehead atoms. The maximum atomic E-state index is 13.8. The molecule has 5 nitrogen and oxygen atoms in total. The molecular formula is C34H30N2O3S. The van der Waals surface area contributed by atoms with Crippen molar-refractivity contribution in [3.63, 3.8) is 0 Å². The van der Waals surface area contributed by atoms with E-state index in [1.807, 2.05) is 77.4 Å². The summed E-state index contributed by atoms with van der Waals surface area (Å²) in [6, 6.07) is 26.0. The van der Waals surface area contributed by atoms with Crippen LogP contribution in [0.5, 0.6) is 11.5 Å². The van der Waals surface area contributed by atoms with E-state index in [0.29, 0.717) is 4.53 Å². The largest absolute Gasteiger partial charge is 0.497 e. The van der Waals surface area contributed by atoms with E-state index in [-0.39, 0.29) is 11.6 Å². The van der Waals surface area contributed by atoms with Crippen LogP contribution in [0.4, 0.5) is 0 Å². The molecule has 6 rings (SSSR count). The first-order valence-electron chi connectivity index (χ1n) is 13.4. The Kier molecular flexibility index (Phi) is 7.34. The van der Waals surface area contributed by atoms with Crippen LogP contribution in [-0.4, -0.2) is 18.8 Å². The molecule has 0 fully saturated rings. The van der Waals surface area contributed by atoms with Gasteiger partial charge in [0.25, 0.3) is 5.56 Å². The number of hydrogen-bond donors (Lipinski definition) is 0. The predicted molar refractivity (Wildman–Crippen MR) is 162 cm³/mol. The summed E-state index contributed by atoms with van der Waals surface area (Å²) in [5.74, 6) is 1.63. The number of fused-ring (bicyclic) bond motifs is 1. The zero-order valence-electron chi connectivity index (χ0n) is 22.5. The minimum Gasteiger partial charge on any atom is -0.497 e. The van der Waals surface area contributed by atoms with Gasteiger partial charge >= 0.3 is 0 Å². The van der Waals surface area contributed by atoms with Gasteiger partial charge in [0.1, 0.15) is 11.5 Å². The number of methoxy groups -OCH3 is 2. The molecule has 2 heterocycles. The minimum absolute atomic E-state index is 0.0138. The summed E-state index contributed by atoms with van der Waals surface area (Å²) in [5.41, 5.74) is 6.64. The van der Waals surface area contributed by atoms with Gasteiger partial charge in [0.05, 0.1) is 30.5 Å². The van der Waals surface area contributed by atoms with Crippen molar-refractivity contribution in [2.45, 2.75) is 25.3 Å². The average Bonchev–Trinajstić information content (AvgIpc) is 3.32. The first-order valence-corrected chi connectivity index (χ1v) is 14.2. The lowest BCUT2D eigenvalue weighted by atomic mass is 9.84. The first-order chi connectivity index (χ1) is 19.6. The summed E-state index contributed by atoms with van der Waals surface area (Å²) >= 11 is 1.45. The summed E-state index contributed by atoms with van der Waals surface area (Å²) in [5, 5.41) is 0. The molecule has 1 aliphatic heterocycles. The normalized spacial score (nSPS) is 18.0. The number of rotatable bonds is 6. The van der Waals surface area contributed by atoms with Gasteiger partial charge in [-0.1, -0.05) is 78.1 Å². The molecule has 0 saturated carbocycles. The van der Waals surface area contributed by atoms with Crippen LogP contribution in [0.25, 0.3) is 18.2 Å². The number of benzene rings is 3. The molecule has 4 aromatic rings. The third kappa shape index (κ3) is 5.10. The molecule has 6 heteroatoms. The Labute approximate surface area is 237 Å². The van der Waals surface area contributed by atoms with Crippen molar-refractivity contribution in [1.82, 2.24) is 4.57 Å². The summed E-state index contributed by atoms with van der Waals surface area (Å²) in [4.78, 5) is 19.7. The molecule has 1 aromatic heterocycles. The lowest BCUT2D eigenvalue weighted by Crippen LogP contribution is -2.38. The van der Waals surface area contributed by atoms with Gasteiger partial charge in [-0.05, 0) is 83.5 Å². The van der Waals surface area contributed by atoms with Gasteiger partial charge in [-0.3, -0.25) is 9.36 Å². The fourth-order valence-corrected chi connectivity index (χ4v) is 6.32. The lowest BCUT2D eigenvalue weighted by Gasteiger charge is -2.31. The van der Waals surface area contributed by atoms with Crippen LogP contribution >= 0.6 is 11.3 Å². The van der Waals surface area contributed by atoms with Gasteiger partial charge in [0.2, 0.25) is 0 Å². The molecule has 0 spiro atoms. The van der Waals surface area contributed by atoms with Crippen molar-refractivity contribution < 1.29 is 9.47 Å². The van der Waals surface area contributed by atoms with Crippen molar-refractivity contribution in [2.24, 2.45) is 4.99 Å². The number of allylic oxidation sites excluding steroid dienone is 3. The Bertz CT molecular complexity index is 1790.